The van der Waals surface area contributed by atoms with Crippen molar-refractivity contribution < 1.29 is 4.42 Å². The number of imidazole rings is 3. The van der Waals surface area contributed by atoms with Crippen LogP contribution in [0.25, 0.3) is 281 Å². The van der Waals surface area contributed by atoms with Crippen molar-refractivity contribution in [1.29, 1.82) is 0 Å². The van der Waals surface area contributed by atoms with Gasteiger partial charge in [-0.15, -0.1) is 0 Å². The van der Waals surface area contributed by atoms with E-state index in [0.29, 0.717) is 5.82 Å². The SMILES string of the molecule is c1cc(-c2cc3c4ncccc4n4c5ccccc5nc4c3c3ccccc23)cc(-c2cccc3c2oc2ccccc23)c1.c1cc2c3c(cccc3c1)-c1cc(-c3cc4c5ncccc5n5c6ccccc6nc5c4c4ccccc34)ccc1-2.c1ccc(-c2ccc(-c3nc(-c4ccccc4)cc(-c4cc5c6ncccc6n6c7ccccc7nc6c5c5ccccc45)n3)cc2)cc1. The summed E-state index contributed by atoms with van der Waals surface area (Å²) in [5.74, 6) is 0.679. The molecule has 0 fully saturated rings. The number of hydrogen-bond donors (Lipinski definition) is 0. The fraction of sp³-hybridized carbons (Fsp3) is 0. The molecular formula is C122H71N11O. The molecule has 12 nitrogen and oxygen atoms in total. The van der Waals surface area contributed by atoms with E-state index in [9.17, 15) is 0 Å². The van der Waals surface area contributed by atoms with Gasteiger partial charge in [0.1, 0.15) is 28.1 Å². The van der Waals surface area contributed by atoms with Crippen LogP contribution in [-0.4, -0.2) is 53.1 Å². The first-order valence-electron chi connectivity index (χ1n) is 45.3. The molecule has 11 heterocycles. The van der Waals surface area contributed by atoms with Crippen LogP contribution in [0.2, 0.25) is 0 Å². The number of fused-ring (bicyclic) bond motifs is 36. The smallest absolute Gasteiger partial charge is 0.160 e. The first-order chi connectivity index (χ1) is 66.5. The Bertz CT molecular complexity index is 10100. The van der Waals surface area contributed by atoms with Gasteiger partial charge in [0.2, 0.25) is 0 Å². The van der Waals surface area contributed by atoms with Gasteiger partial charge in [-0.2, -0.15) is 0 Å². The predicted octanol–water partition coefficient (Wildman–Crippen LogP) is 31.2. The highest BCUT2D eigenvalue weighted by atomic mass is 16.3. The molecular weight excluding hydrogens is 1640 g/mol. The molecule has 0 saturated carbocycles. The van der Waals surface area contributed by atoms with Crippen LogP contribution >= 0.6 is 0 Å². The summed E-state index contributed by atoms with van der Waals surface area (Å²) in [6.07, 6.45) is 5.65. The molecule has 0 atom stereocenters. The van der Waals surface area contributed by atoms with Crippen LogP contribution in [0.1, 0.15) is 0 Å². The number of para-hydroxylation sites is 8. The topological polar surface area (TPSA) is 129 Å². The van der Waals surface area contributed by atoms with E-state index in [-0.39, 0.29) is 0 Å². The maximum atomic E-state index is 6.41. The van der Waals surface area contributed by atoms with Gasteiger partial charge in [-0.1, -0.05) is 297 Å². The Morgan fingerprint density at radius 1 is 0.194 bits per heavy atom. The summed E-state index contributed by atoms with van der Waals surface area (Å²) >= 11 is 0. The van der Waals surface area contributed by atoms with E-state index < -0.39 is 0 Å². The Morgan fingerprint density at radius 3 is 1.12 bits per heavy atom. The minimum atomic E-state index is 0.679. The monoisotopic (exact) mass is 1710 g/mol. The van der Waals surface area contributed by atoms with Crippen molar-refractivity contribution in [3.05, 3.63) is 431 Å². The standard InChI is InChI=1S/C44H27N5.C40H23N3O.C38H21N3/c1-3-12-28(13-4-1)29-21-23-31(24-22-29)43-46-37(30-14-5-2-6-15-30)27-38(47-43)34-26-35-41(33-17-8-7-16-32(33)34)44-48-36-18-9-10-19-39(36)49(44)40-20-11-25-45-42(35)40;1-2-14-29-27(12-1)31(23-32-37(29)40-42-33-17-4-5-18-34(33)43(40)35-19-9-21-41-38(32)35)25-11-7-10-24(22-25)26-15-8-16-30-28-13-3-6-20-36(28)44-39(26)30;1-2-11-27-24(10-1)29(23-17-18-25-26-12-5-8-22-9-6-13-28(35(22)26)30(25)20-23)21-31-36(27)38-40-32-14-3-4-15-33(32)41(38)34-16-7-19-39-37(31)34/h1-27H;1-23H;1-21H. The van der Waals surface area contributed by atoms with Crippen LogP contribution < -0.4 is 0 Å². The van der Waals surface area contributed by atoms with E-state index in [1.165, 1.54) is 71.4 Å². The fourth-order valence-corrected chi connectivity index (χ4v) is 21.5. The van der Waals surface area contributed by atoms with Crippen molar-refractivity contribution >= 4 is 180 Å². The molecule has 0 saturated heterocycles. The van der Waals surface area contributed by atoms with E-state index in [2.05, 4.69) is 371 Å². The summed E-state index contributed by atoms with van der Waals surface area (Å²) in [4.78, 5) is 40.8. The number of benzene rings is 18. The Morgan fingerprint density at radius 2 is 0.575 bits per heavy atom. The molecule has 18 aromatic carbocycles. The summed E-state index contributed by atoms with van der Waals surface area (Å²) in [5, 5.41) is 18.5. The predicted molar refractivity (Wildman–Crippen MR) is 552 cm³/mol. The van der Waals surface area contributed by atoms with Crippen molar-refractivity contribution in [3.8, 4) is 101 Å². The van der Waals surface area contributed by atoms with Gasteiger partial charge in [0, 0.05) is 83.9 Å². The zero-order valence-electron chi connectivity index (χ0n) is 71.8. The molecule has 0 N–H and O–H groups in total. The number of hydrogen-bond acceptors (Lipinski definition) is 9. The summed E-state index contributed by atoms with van der Waals surface area (Å²) in [5.41, 5.74) is 36.1. The third kappa shape index (κ3) is 11.5. The molecule has 0 bridgehead atoms. The highest BCUT2D eigenvalue weighted by Crippen LogP contribution is 2.52. The Hall–Kier alpha value is -18.3. The van der Waals surface area contributed by atoms with Crippen LogP contribution in [0.4, 0.5) is 0 Å². The molecule has 620 valence electrons. The largest absolute Gasteiger partial charge is 0.455 e. The van der Waals surface area contributed by atoms with Crippen molar-refractivity contribution in [2.24, 2.45) is 0 Å². The average molecular weight is 1710 g/mol. The Labute approximate surface area is 764 Å². The number of aromatic nitrogens is 11. The van der Waals surface area contributed by atoms with Crippen LogP contribution in [-0.2, 0) is 0 Å². The molecule has 12 heteroatoms. The second-order valence-electron chi connectivity index (χ2n) is 34.7. The highest BCUT2D eigenvalue weighted by molar-refractivity contribution is 6.29. The Balaban J connectivity index is 0.000000100. The van der Waals surface area contributed by atoms with E-state index in [1.54, 1.807) is 0 Å². The molecule has 11 aromatic heterocycles. The minimum absolute atomic E-state index is 0.679. The third-order valence-corrected chi connectivity index (χ3v) is 27.4. The lowest BCUT2D eigenvalue weighted by molar-refractivity contribution is 0.670. The van der Waals surface area contributed by atoms with Crippen molar-refractivity contribution in [2.45, 2.75) is 0 Å². The van der Waals surface area contributed by atoms with E-state index in [4.69, 9.17) is 44.3 Å². The van der Waals surface area contributed by atoms with Gasteiger partial charge < -0.3 is 4.42 Å². The van der Waals surface area contributed by atoms with Gasteiger partial charge in [0.15, 0.2) is 5.82 Å². The lowest BCUT2D eigenvalue weighted by Crippen LogP contribution is -1.98. The zero-order chi connectivity index (χ0) is 87.7. The van der Waals surface area contributed by atoms with Gasteiger partial charge >= 0.3 is 0 Å². The average Bonchev–Trinajstić information content (AvgIpc) is 1.49. The lowest BCUT2D eigenvalue weighted by atomic mass is 9.91. The van der Waals surface area contributed by atoms with Gasteiger partial charge in [-0.05, 0) is 220 Å². The number of nitrogens with zero attached hydrogens (tertiary/aromatic N) is 11. The lowest BCUT2D eigenvalue weighted by Gasteiger charge is -2.15. The second-order valence-corrected chi connectivity index (χ2v) is 34.7. The van der Waals surface area contributed by atoms with Gasteiger partial charge in [-0.3, -0.25) is 28.2 Å². The summed E-state index contributed by atoms with van der Waals surface area (Å²) < 4.78 is 13.2. The van der Waals surface area contributed by atoms with E-state index >= 15 is 0 Å². The molecule has 134 heavy (non-hydrogen) atoms. The van der Waals surface area contributed by atoms with Crippen molar-refractivity contribution in [3.63, 3.8) is 0 Å². The van der Waals surface area contributed by atoms with E-state index in [1.807, 2.05) is 73.2 Å². The number of rotatable bonds is 7. The van der Waals surface area contributed by atoms with Crippen molar-refractivity contribution in [2.75, 3.05) is 0 Å². The number of pyridine rings is 6. The zero-order valence-corrected chi connectivity index (χ0v) is 71.8. The molecule has 0 amide bonds. The summed E-state index contributed by atoms with van der Waals surface area (Å²) in [7, 11) is 0. The van der Waals surface area contributed by atoms with Crippen LogP contribution in [0.15, 0.2) is 436 Å². The maximum absolute atomic E-state index is 6.41. The first kappa shape index (κ1) is 74.8. The molecule has 0 radical (unpaired) electrons. The van der Waals surface area contributed by atoms with Crippen LogP contribution in [0.5, 0.6) is 0 Å². The van der Waals surface area contributed by atoms with Crippen LogP contribution in [0.3, 0.4) is 0 Å². The molecule has 29 aromatic rings. The van der Waals surface area contributed by atoms with Gasteiger partial charge in [0.05, 0.1) is 77.6 Å². The molecule has 0 spiro atoms. The minimum Gasteiger partial charge on any atom is -0.455 e. The van der Waals surface area contributed by atoms with Crippen LogP contribution in [0, 0.1) is 0 Å². The quantitative estimate of drug-likeness (QED) is 0.143. The summed E-state index contributed by atoms with van der Waals surface area (Å²) in [6, 6.07) is 146. The molecule has 30 rings (SSSR count). The van der Waals surface area contributed by atoms with Gasteiger partial charge in [0.25, 0.3) is 0 Å². The normalized spacial score (nSPS) is 12.0. The molecule has 1 aliphatic carbocycles. The molecule has 0 aliphatic heterocycles. The van der Waals surface area contributed by atoms with E-state index in [0.717, 1.165) is 204 Å². The highest BCUT2D eigenvalue weighted by Gasteiger charge is 2.28. The number of furan rings is 1. The molecule has 0 unspecified atom stereocenters. The maximum Gasteiger partial charge on any atom is 0.160 e. The van der Waals surface area contributed by atoms with Crippen molar-refractivity contribution in [1.82, 2.24) is 53.1 Å². The second kappa shape index (κ2) is 29.7. The molecule has 1 aliphatic rings. The fourth-order valence-electron chi connectivity index (χ4n) is 21.5. The first-order valence-corrected chi connectivity index (χ1v) is 45.3. The van der Waals surface area contributed by atoms with Gasteiger partial charge in [-0.25, -0.2) is 24.9 Å². The summed E-state index contributed by atoms with van der Waals surface area (Å²) in [6.45, 7) is 0. The third-order valence-electron chi connectivity index (χ3n) is 27.4. The Kier molecular flexibility index (Phi) is 16.5.